The third-order valence-corrected chi connectivity index (χ3v) is 6.24. The second-order valence-electron chi connectivity index (χ2n) is 7.27. The van der Waals surface area contributed by atoms with Crippen LogP contribution in [0, 0.1) is 35.5 Å². The topological polar surface area (TPSA) is 74.6 Å². The highest BCUT2D eigenvalue weighted by atomic mass is 16.4. The maximum absolute atomic E-state index is 11.8. The molecule has 0 heterocycles. The molecule has 4 heteroatoms. The number of carbonyl (C=O) groups is 2. The molecular formula is C18H30O4. The van der Waals surface area contributed by atoms with Crippen molar-refractivity contribution >= 4 is 11.9 Å². The van der Waals surface area contributed by atoms with Crippen molar-refractivity contribution in [3.8, 4) is 0 Å². The molecule has 2 aliphatic rings. The fourth-order valence-electron chi connectivity index (χ4n) is 5.26. The third kappa shape index (κ3) is 3.31. The van der Waals surface area contributed by atoms with Crippen LogP contribution in [0.25, 0.3) is 0 Å². The van der Waals surface area contributed by atoms with E-state index in [1.807, 2.05) is 0 Å². The standard InChI is InChI=1S/C18H30O4/c1-3-5-7-12-11(4-2)10-15(18(21)22)16-13(12)8-6-9-14(16)17(19)20/h11-16H,3-10H2,1-2H3,(H,19,20)(H,21,22). The van der Waals surface area contributed by atoms with Crippen molar-refractivity contribution in [2.24, 2.45) is 35.5 Å². The number of hydrogen-bond donors (Lipinski definition) is 2. The van der Waals surface area contributed by atoms with Crippen molar-refractivity contribution in [1.82, 2.24) is 0 Å². The molecule has 2 saturated carbocycles. The predicted octanol–water partition coefficient (Wildman–Crippen LogP) is 4.04. The largest absolute Gasteiger partial charge is 0.481 e. The quantitative estimate of drug-likeness (QED) is 0.776. The van der Waals surface area contributed by atoms with Gasteiger partial charge in [0.15, 0.2) is 0 Å². The lowest BCUT2D eigenvalue weighted by Gasteiger charge is -2.50. The Balaban J connectivity index is 2.31. The number of hydrogen-bond acceptors (Lipinski definition) is 2. The van der Waals surface area contributed by atoms with Crippen molar-refractivity contribution in [2.75, 3.05) is 0 Å². The van der Waals surface area contributed by atoms with E-state index in [2.05, 4.69) is 13.8 Å². The van der Waals surface area contributed by atoms with Gasteiger partial charge >= 0.3 is 11.9 Å². The normalized spacial score (nSPS) is 38.3. The Bertz CT molecular complexity index is 406. The highest BCUT2D eigenvalue weighted by molar-refractivity contribution is 5.75. The van der Waals surface area contributed by atoms with E-state index in [0.29, 0.717) is 30.6 Å². The van der Waals surface area contributed by atoms with Gasteiger partial charge in [0.05, 0.1) is 11.8 Å². The van der Waals surface area contributed by atoms with Crippen molar-refractivity contribution < 1.29 is 19.8 Å². The molecule has 2 fully saturated rings. The number of rotatable bonds is 6. The zero-order valence-electron chi connectivity index (χ0n) is 13.8. The summed E-state index contributed by atoms with van der Waals surface area (Å²) in [5, 5.41) is 19.2. The molecule has 0 aliphatic heterocycles. The summed E-state index contributed by atoms with van der Waals surface area (Å²) in [6.45, 7) is 4.34. The fraction of sp³-hybridized carbons (Fsp3) is 0.889. The first-order valence-electron chi connectivity index (χ1n) is 8.96. The van der Waals surface area contributed by atoms with Crippen LogP contribution >= 0.6 is 0 Å². The average molecular weight is 310 g/mol. The molecule has 126 valence electrons. The summed E-state index contributed by atoms with van der Waals surface area (Å²) in [5.41, 5.74) is 0. The van der Waals surface area contributed by atoms with Gasteiger partial charge in [0.1, 0.15) is 0 Å². The number of unbranched alkanes of at least 4 members (excludes halogenated alkanes) is 1. The Morgan fingerprint density at radius 2 is 1.73 bits per heavy atom. The van der Waals surface area contributed by atoms with Gasteiger partial charge in [0.25, 0.3) is 0 Å². The molecule has 4 nitrogen and oxygen atoms in total. The van der Waals surface area contributed by atoms with Crippen LogP contribution in [-0.2, 0) is 9.59 Å². The molecule has 2 rings (SSSR count). The molecule has 0 aromatic rings. The Morgan fingerprint density at radius 1 is 1.05 bits per heavy atom. The summed E-state index contributed by atoms with van der Waals surface area (Å²) in [7, 11) is 0. The van der Waals surface area contributed by atoms with E-state index in [1.54, 1.807) is 0 Å². The van der Waals surface area contributed by atoms with Crippen molar-refractivity contribution in [3.05, 3.63) is 0 Å². The van der Waals surface area contributed by atoms with Crippen molar-refractivity contribution in [1.29, 1.82) is 0 Å². The lowest BCUT2D eigenvalue weighted by Crippen LogP contribution is -2.49. The molecule has 22 heavy (non-hydrogen) atoms. The van der Waals surface area contributed by atoms with E-state index in [1.165, 1.54) is 6.42 Å². The van der Waals surface area contributed by atoms with Gasteiger partial charge in [-0.25, -0.2) is 0 Å². The molecule has 2 aliphatic carbocycles. The Kier molecular flexibility index (Phi) is 5.87. The zero-order chi connectivity index (χ0) is 16.3. The second kappa shape index (κ2) is 7.47. The molecule has 0 radical (unpaired) electrons. The predicted molar refractivity (Wildman–Crippen MR) is 84.5 cm³/mol. The maximum Gasteiger partial charge on any atom is 0.306 e. The first-order valence-corrected chi connectivity index (χ1v) is 8.96. The molecule has 0 spiro atoms. The number of fused-ring (bicyclic) bond motifs is 1. The maximum atomic E-state index is 11.8. The smallest absolute Gasteiger partial charge is 0.306 e. The third-order valence-electron chi connectivity index (χ3n) is 6.24. The van der Waals surface area contributed by atoms with Gasteiger partial charge in [-0.05, 0) is 49.4 Å². The van der Waals surface area contributed by atoms with Crippen molar-refractivity contribution in [2.45, 2.75) is 65.2 Å². The zero-order valence-corrected chi connectivity index (χ0v) is 13.8. The van der Waals surface area contributed by atoms with Gasteiger partial charge in [-0.2, -0.15) is 0 Å². The van der Waals surface area contributed by atoms with Crippen LogP contribution < -0.4 is 0 Å². The molecule has 0 saturated heterocycles. The van der Waals surface area contributed by atoms with Gasteiger partial charge in [0, 0.05) is 0 Å². The van der Waals surface area contributed by atoms with Crippen LogP contribution in [0.15, 0.2) is 0 Å². The van der Waals surface area contributed by atoms with Crippen LogP contribution in [0.2, 0.25) is 0 Å². The minimum atomic E-state index is -0.787. The van der Waals surface area contributed by atoms with E-state index < -0.39 is 23.8 Å². The van der Waals surface area contributed by atoms with E-state index in [0.717, 1.165) is 32.1 Å². The van der Waals surface area contributed by atoms with E-state index in [-0.39, 0.29) is 5.92 Å². The van der Waals surface area contributed by atoms with Crippen LogP contribution in [0.5, 0.6) is 0 Å². The Labute approximate surface area is 133 Å². The summed E-state index contributed by atoms with van der Waals surface area (Å²) in [6, 6.07) is 0. The summed E-state index contributed by atoms with van der Waals surface area (Å²) >= 11 is 0. The molecule has 6 atom stereocenters. The van der Waals surface area contributed by atoms with Crippen LogP contribution in [0.4, 0.5) is 0 Å². The molecule has 2 N–H and O–H groups in total. The fourth-order valence-corrected chi connectivity index (χ4v) is 5.26. The van der Waals surface area contributed by atoms with Gasteiger partial charge in [-0.3, -0.25) is 9.59 Å². The van der Waals surface area contributed by atoms with Gasteiger partial charge in [-0.1, -0.05) is 39.5 Å². The number of carboxylic acid groups (broad SMARTS) is 2. The SMILES string of the molecule is CCCCC1C(CC)CC(C(=O)O)C2C(C(=O)O)CCCC12. The average Bonchev–Trinajstić information content (AvgIpc) is 2.50. The van der Waals surface area contributed by atoms with Crippen LogP contribution in [0.3, 0.4) is 0 Å². The molecule has 0 amide bonds. The highest BCUT2D eigenvalue weighted by Gasteiger charge is 2.52. The van der Waals surface area contributed by atoms with Gasteiger partial charge in [0.2, 0.25) is 0 Å². The van der Waals surface area contributed by atoms with Crippen molar-refractivity contribution in [3.63, 3.8) is 0 Å². The van der Waals surface area contributed by atoms with E-state index in [9.17, 15) is 19.8 Å². The van der Waals surface area contributed by atoms with E-state index in [4.69, 9.17) is 0 Å². The van der Waals surface area contributed by atoms with Crippen LogP contribution in [-0.4, -0.2) is 22.2 Å². The van der Waals surface area contributed by atoms with Gasteiger partial charge in [-0.15, -0.1) is 0 Å². The van der Waals surface area contributed by atoms with Crippen LogP contribution in [0.1, 0.15) is 65.2 Å². The summed E-state index contributed by atoms with van der Waals surface area (Å²) in [6.07, 6.45) is 7.73. The van der Waals surface area contributed by atoms with E-state index >= 15 is 0 Å². The second-order valence-corrected chi connectivity index (χ2v) is 7.27. The number of carboxylic acids is 2. The lowest BCUT2D eigenvalue weighted by atomic mass is 9.53. The minimum absolute atomic E-state index is 0.159. The first-order chi connectivity index (χ1) is 10.5. The Hall–Kier alpha value is -1.06. The molecule has 0 bridgehead atoms. The summed E-state index contributed by atoms with van der Waals surface area (Å²) in [4.78, 5) is 23.4. The minimum Gasteiger partial charge on any atom is -0.481 e. The molecule has 6 unspecified atom stereocenters. The highest BCUT2D eigenvalue weighted by Crippen LogP contribution is 2.53. The Morgan fingerprint density at radius 3 is 2.27 bits per heavy atom. The first kappa shape index (κ1) is 17.3. The summed E-state index contributed by atoms with van der Waals surface area (Å²) in [5.74, 6) is -1.39. The monoisotopic (exact) mass is 310 g/mol. The molecular weight excluding hydrogens is 280 g/mol. The summed E-state index contributed by atoms with van der Waals surface area (Å²) < 4.78 is 0. The van der Waals surface area contributed by atoms with Gasteiger partial charge < -0.3 is 10.2 Å². The lowest BCUT2D eigenvalue weighted by molar-refractivity contribution is -0.160. The number of aliphatic carboxylic acids is 2. The molecule has 0 aromatic carbocycles. The molecule has 0 aromatic heterocycles.